The van der Waals surface area contributed by atoms with Crippen molar-refractivity contribution in [3.05, 3.63) is 93.4 Å². The van der Waals surface area contributed by atoms with E-state index in [1.54, 1.807) is 58.0 Å². The molecule has 4 N–H and O–H groups in total. The van der Waals surface area contributed by atoms with E-state index in [9.17, 15) is 37.6 Å². The first-order chi connectivity index (χ1) is 22.5. The van der Waals surface area contributed by atoms with Crippen molar-refractivity contribution in [3.63, 3.8) is 0 Å². The number of ether oxygens (including phenoxy) is 1. The van der Waals surface area contributed by atoms with Gasteiger partial charge in [-0.1, -0.05) is 38.1 Å². The molecule has 0 saturated carbocycles. The average Bonchev–Trinajstić information content (AvgIpc) is 3.00. The molecule has 3 aromatic rings. The highest BCUT2D eigenvalue weighted by atomic mass is 31.2. The van der Waals surface area contributed by atoms with Gasteiger partial charge in [-0.25, -0.2) is 13.9 Å². The first-order valence-electron chi connectivity index (χ1n) is 15.3. The second kappa shape index (κ2) is 14.8. The van der Waals surface area contributed by atoms with Gasteiger partial charge in [0, 0.05) is 48.9 Å². The predicted molar refractivity (Wildman–Crippen MR) is 173 cm³/mol. The minimum atomic E-state index is -3.75. The number of hydrogen-bond donors (Lipinski definition) is 4. The van der Waals surface area contributed by atoms with Crippen LogP contribution in [-0.2, 0) is 27.2 Å². The standard InChI is InChI=1S/C33H39F2N4O8P/c1-19(2)46-32(44)20(3)38-48(45,47-23-9-7-6-8-10-23)14-13-36-26-18-39-17-24(28(40)29(41)27(39)30(42)33(26,4)5)31(43)37-16-21-11-12-22(34)15-25(21)35/h6-12,15,17,19-20,26,36,41H,13-14,16,18H2,1-5H3,(H,37,43)(H,38,45)/t20-,26?,48?/m1/s1. The second-order valence-corrected chi connectivity index (χ2v) is 14.6. The Labute approximate surface area is 276 Å². The van der Waals surface area contributed by atoms with Crippen LogP contribution in [0.25, 0.3) is 0 Å². The molecule has 0 saturated heterocycles. The Morgan fingerprint density at radius 1 is 1.10 bits per heavy atom. The predicted octanol–water partition coefficient (Wildman–Crippen LogP) is 4.14. The maximum atomic E-state index is 14.1. The summed E-state index contributed by atoms with van der Waals surface area (Å²) in [6.07, 6.45) is 0.645. The van der Waals surface area contributed by atoms with Crippen LogP contribution in [0.15, 0.2) is 59.5 Å². The minimum Gasteiger partial charge on any atom is -0.503 e. The van der Waals surface area contributed by atoms with Crippen molar-refractivity contribution in [1.82, 2.24) is 20.3 Å². The van der Waals surface area contributed by atoms with Gasteiger partial charge >= 0.3 is 13.5 Å². The van der Waals surface area contributed by atoms with E-state index in [2.05, 4.69) is 15.7 Å². The van der Waals surface area contributed by atoms with Crippen molar-refractivity contribution in [1.29, 1.82) is 0 Å². The SMILES string of the molecule is CC(C)OC(=O)[C@@H](C)NP(=O)(CCNC1Cn2cc(C(=O)NCc3ccc(F)cc3F)c(=O)c(O)c2C(=O)C1(C)C)Oc1ccccc1. The van der Waals surface area contributed by atoms with Gasteiger partial charge < -0.3 is 29.6 Å². The van der Waals surface area contributed by atoms with Crippen LogP contribution in [0.4, 0.5) is 8.78 Å². The maximum Gasteiger partial charge on any atom is 0.323 e. The lowest BCUT2D eigenvalue weighted by Crippen LogP contribution is -2.54. The summed E-state index contributed by atoms with van der Waals surface area (Å²) >= 11 is 0. The van der Waals surface area contributed by atoms with Gasteiger partial charge in [0.1, 0.15) is 34.7 Å². The molecule has 4 rings (SSSR count). The van der Waals surface area contributed by atoms with Gasteiger partial charge in [0.2, 0.25) is 5.43 Å². The molecule has 3 atom stereocenters. The maximum absolute atomic E-state index is 14.1. The van der Waals surface area contributed by atoms with Gasteiger partial charge in [0.15, 0.2) is 11.5 Å². The number of halogens is 2. The lowest BCUT2D eigenvalue weighted by atomic mass is 9.75. The normalized spacial score (nSPS) is 17.2. The average molecular weight is 689 g/mol. The fourth-order valence-corrected chi connectivity index (χ4v) is 7.05. The monoisotopic (exact) mass is 688 g/mol. The number of hydrogen-bond acceptors (Lipinski definition) is 9. The molecule has 0 spiro atoms. The highest BCUT2D eigenvalue weighted by molar-refractivity contribution is 7.57. The number of carbonyl (C=O) groups excluding carboxylic acids is 3. The van der Waals surface area contributed by atoms with Gasteiger partial charge in [-0.05, 0) is 39.0 Å². The molecule has 1 aliphatic rings. The number of nitrogens with one attached hydrogen (secondary N) is 3. The minimum absolute atomic E-state index is 0.0170. The molecule has 15 heteroatoms. The number of fused-ring (bicyclic) bond motifs is 1. The van der Waals surface area contributed by atoms with Crippen LogP contribution in [0.5, 0.6) is 11.5 Å². The van der Waals surface area contributed by atoms with Gasteiger partial charge in [0.05, 0.1) is 12.3 Å². The number of esters is 1. The van der Waals surface area contributed by atoms with E-state index in [-0.39, 0.29) is 43.2 Å². The fourth-order valence-electron chi connectivity index (χ4n) is 5.19. The molecule has 48 heavy (non-hydrogen) atoms. The second-order valence-electron chi connectivity index (χ2n) is 12.3. The van der Waals surface area contributed by atoms with E-state index in [0.29, 0.717) is 11.8 Å². The van der Waals surface area contributed by atoms with Crippen LogP contribution < -0.4 is 25.7 Å². The Balaban J connectivity index is 1.53. The van der Waals surface area contributed by atoms with Crippen LogP contribution >= 0.6 is 7.52 Å². The summed E-state index contributed by atoms with van der Waals surface area (Å²) in [7, 11) is -3.75. The van der Waals surface area contributed by atoms with Gasteiger partial charge in [-0.2, -0.15) is 0 Å². The number of ketones is 1. The molecule has 0 radical (unpaired) electrons. The highest BCUT2D eigenvalue weighted by Crippen LogP contribution is 2.43. The molecule has 1 aromatic heterocycles. The van der Waals surface area contributed by atoms with Gasteiger partial charge in [-0.15, -0.1) is 0 Å². The zero-order valence-corrected chi connectivity index (χ0v) is 28.1. The van der Waals surface area contributed by atoms with E-state index in [4.69, 9.17) is 9.26 Å². The summed E-state index contributed by atoms with van der Waals surface area (Å²) in [5.74, 6) is -4.39. The van der Waals surface area contributed by atoms with Crippen molar-refractivity contribution < 1.29 is 42.1 Å². The summed E-state index contributed by atoms with van der Waals surface area (Å²) < 4.78 is 53.7. The molecular formula is C33H39F2N4O8P. The third-order valence-corrected chi connectivity index (χ3v) is 9.99. The molecular weight excluding hydrogens is 649 g/mol. The topological polar surface area (TPSA) is 165 Å². The molecule has 0 fully saturated rings. The van der Waals surface area contributed by atoms with E-state index in [1.807, 2.05) is 0 Å². The summed E-state index contributed by atoms with van der Waals surface area (Å²) in [5, 5.41) is 19.2. The van der Waals surface area contributed by atoms with E-state index in [0.717, 1.165) is 18.3 Å². The Morgan fingerprint density at radius 3 is 2.44 bits per heavy atom. The van der Waals surface area contributed by atoms with E-state index >= 15 is 0 Å². The number of carbonyl (C=O) groups is 3. The molecule has 2 aromatic carbocycles. The van der Waals surface area contributed by atoms with Crippen LogP contribution in [0.1, 0.15) is 61.0 Å². The molecule has 258 valence electrons. The molecule has 1 amide bonds. The molecule has 1 aliphatic heterocycles. The number of nitrogens with zero attached hydrogens (tertiary/aromatic N) is 1. The Bertz CT molecular complexity index is 1800. The number of pyridine rings is 1. The first kappa shape index (κ1) is 36.4. The van der Waals surface area contributed by atoms with Gasteiger partial charge in [-0.3, -0.25) is 23.7 Å². The lowest BCUT2D eigenvalue weighted by Gasteiger charge is -2.40. The number of para-hydroxylation sites is 1. The van der Waals surface area contributed by atoms with Crippen LogP contribution in [0.2, 0.25) is 0 Å². The molecule has 12 nitrogen and oxygen atoms in total. The molecule has 0 aliphatic carbocycles. The molecule has 0 bridgehead atoms. The third-order valence-electron chi connectivity index (χ3n) is 7.89. The van der Waals surface area contributed by atoms with E-state index < -0.39 is 71.1 Å². The summed E-state index contributed by atoms with van der Waals surface area (Å²) in [5.41, 5.74) is -3.04. The van der Waals surface area contributed by atoms with Crippen LogP contribution in [0, 0.1) is 17.0 Å². The van der Waals surface area contributed by atoms with Crippen molar-refractivity contribution in [2.75, 3.05) is 12.7 Å². The zero-order valence-electron chi connectivity index (χ0n) is 27.2. The number of rotatable bonds is 13. The molecule has 2 unspecified atom stereocenters. The quantitative estimate of drug-likeness (QED) is 0.152. The summed E-state index contributed by atoms with van der Waals surface area (Å²) in [6.45, 7) is 7.85. The van der Waals surface area contributed by atoms with Crippen molar-refractivity contribution in [2.24, 2.45) is 5.41 Å². The Kier molecular flexibility index (Phi) is 11.2. The van der Waals surface area contributed by atoms with Gasteiger partial charge in [0.25, 0.3) is 5.91 Å². The number of aromatic nitrogens is 1. The lowest BCUT2D eigenvalue weighted by molar-refractivity contribution is -0.149. The van der Waals surface area contributed by atoms with Crippen molar-refractivity contribution in [3.8, 4) is 11.5 Å². The molecule has 2 heterocycles. The van der Waals surface area contributed by atoms with Crippen LogP contribution in [0.3, 0.4) is 0 Å². The summed E-state index contributed by atoms with van der Waals surface area (Å²) in [6, 6.07) is 9.64. The van der Waals surface area contributed by atoms with Crippen molar-refractivity contribution >= 4 is 25.2 Å². The smallest absolute Gasteiger partial charge is 0.323 e. The largest absolute Gasteiger partial charge is 0.503 e. The zero-order chi connectivity index (χ0) is 35.4. The fraction of sp³-hybridized carbons (Fsp3) is 0.394. The number of aromatic hydroxyl groups is 1. The number of benzene rings is 2. The van der Waals surface area contributed by atoms with E-state index in [1.165, 1.54) is 11.5 Å². The first-order valence-corrected chi connectivity index (χ1v) is 17.1. The Morgan fingerprint density at radius 2 is 1.79 bits per heavy atom. The third kappa shape index (κ3) is 8.36. The Hall–Kier alpha value is -4.39. The summed E-state index contributed by atoms with van der Waals surface area (Å²) in [4.78, 5) is 52.0. The van der Waals surface area contributed by atoms with Crippen molar-refractivity contribution in [2.45, 2.75) is 65.9 Å². The number of amides is 1. The van der Waals surface area contributed by atoms with Crippen LogP contribution in [-0.4, -0.2) is 58.2 Å². The number of Topliss-reactive ketones (excluding diaryl/α,β-unsaturated/α-hetero) is 1. The highest BCUT2D eigenvalue weighted by Gasteiger charge is 2.45.